The highest BCUT2D eigenvalue weighted by Gasteiger charge is 2.54. The molecule has 3 aliphatic carbocycles. The van der Waals surface area contributed by atoms with Gasteiger partial charge in [0.05, 0.1) is 6.04 Å². The third-order valence-corrected chi connectivity index (χ3v) is 7.11. The SMILES string of the molecule is CC1C2CC(Oc3nc(C(C)(F)F)ncc3C(=O)N[C@H](/C=C/S(C)(=O)=O)C3CC3)CC12. The molecule has 10 heteroatoms. The van der Waals surface area contributed by atoms with Crippen molar-refractivity contribution in [3.63, 3.8) is 0 Å². The van der Waals surface area contributed by atoms with Gasteiger partial charge < -0.3 is 10.1 Å². The van der Waals surface area contributed by atoms with Crippen LogP contribution in [0.2, 0.25) is 0 Å². The molecule has 7 nitrogen and oxygen atoms in total. The fourth-order valence-electron chi connectivity index (χ4n) is 4.43. The van der Waals surface area contributed by atoms with Crippen molar-refractivity contribution in [2.45, 2.75) is 57.6 Å². The Labute approximate surface area is 180 Å². The molecule has 0 spiro atoms. The van der Waals surface area contributed by atoms with Crippen molar-refractivity contribution in [2.75, 3.05) is 6.26 Å². The number of nitrogens with zero attached hydrogens (tertiary/aromatic N) is 2. The number of carbonyl (C=O) groups excluding carboxylic acids is 1. The standard InChI is InChI=1S/C21H27F2N3O4S/c1-11-14-8-13(9-15(11)14)30-19-16(10-24-20(26-19)21(2,22)23)18(27)25-17(12-4-5-12)6-7-31(3,28)29/h6-7,10-15,17H,4-5,8-9H2,1-3H3,(H,25,27)/b7-6+/t11?,13?,14?,15?,17-/m1/s1. The molecular formula is C21H27F2N3O4S. The Morgan fingerprint density at radius 2 is 1.97 bits per heavy atom. The normalized spacial score (nSPS) is 28.9. The van der Waals surface area contributed by atoms with Crippen LogP contribution in [0.3, 0.4) is 0 Å². The molecule has 2 unspecified atom stereocenters. The van der Waals surface area contributed by atoms with Crippen molar-refractivity contribution < 1.29 is 26.7 Å². The highest BCUT2D eigenvalue weighted by Crippen LogP contribution is 2.57. The van der Waals surface area contributed by atoms with Crippen LogP contribution in [-0.4, -0.2) is 42.7 Å². The van der Waals surface area contributed by atoms with Crippen LogP contribution < -0.4 is 10.1 Å². The molecule has 0 radical (unpaired) electrons. The van der Waals surface area contributed by atoms with E-state index in [2.05, 4.69) is 22.2 Å². The average molecular weight is 456 g/mol. The lowest BCUT2D eigenvalue weighted by molar-refractivity contribution is 0.00641. The lowest BCUT2D eigenvalue weighted by Gasteiger charge is -2.20. The molecule has 3 atom stereocenters. The summed E-state index contributed by atoms with van der Waals surface area (Å²) >= 11 is 0. The van der Waals surface area contributed by atoms with Gasteiger partial charge in [0.15, 0.2) is 9.84 Å². The van der Waals surface area contributed by atoms with Gasteiger partial charge >= 0.3 is 5.92 Å². The molecule has 1 N–H and O–H groups in total. The second-order valence-electron chi connectivity index (χ2n) is 9.19. The van der Waals surface area contributed by atoms with Gasteiger partial charge in [-0.25, -0.2) is 13.4 Å². The van der Waals surface area contributed by atoms with Gasteiger partial charge in [-0.05, 0) is 49.4 Å². The topological polar surface area (TPSA) is 98.2 Å². The first kappa shape index (κ1) is 22.1. The molecule has 4 rings (SSSR count). The second kappa shape index (κ2) is 7.79. The van der Waals surface area contributed by atoms with Crippen LogP contribution in [0.5, 0.6) is 5.88 Å². The molecule has 1 amide bonds. The highest BCUT2D eigenvalue weighted by atomic mass is 32.2. The molecule has 0 aromatic carbocycles. The molecule has 1 aromatic rings. The Balaban J connectivity index is 1.55. The maximum atomic E-state index is 13.8. The summed E-state index contributed by atoms with van der Waals surface area (Å²) in [7, 11) is -3.34. The van der Waals surface area contributed by atoms with Crippen LogP contribution in [0.25, 0.3) is 0 Å². The smallest absolute Gasteiger partial charge is 0.303 e. The van der Waals surface area contributed by atoms with E-state index in [1.807, 2.05) is 0 Å². The summed E-state index contributed by atoms with van der Waals surface area (Å²) in [5, 5.41) is 3.84. The van der Waals surface area contributed by atoms with Gasteiger partial charge in [-0.15, -0.1) is 0 Å². The number of aromatic nitrogens is 2. The zero-order valence-electron chi connectivity index (χ0n) is 17.7. The lowest BCUT2D eigenvalue weighted by atomic mass is 10.1. The van der Waals surface area contributed by atoms with E-state index in [-0.39, 0.29) is 23.5 Å². The molecule has 0 saturated heterocycles. The Kier molecular flexibility index (Phi) is 5.56. The minimum atomic E-state index is -3.34. The number of rotatable bonds is 8. The van der Waals surface area contributed by atoms with E-state index in [1.165, 1.54) is 6.08 Å². The number of alkyl halides is 2. The summed E-state index contributed by atoms with van der Waals surface area (Å²) in [6.07, 6.45) is 6.78. The maximum absolute atomic E-state index is 13.8. The lowest BCUT2D eigenvalue weighted by Crippen LogP contribution is -2.36. The summed E-state index contributed by atoms with van der Waals surface area (Å²) < 4.78 is 56.4. The molecule has 31 heavy (non-hydrogen) atoms. The van der Waals surface area contributed by atoms with E-state index in [9.17, 15) is 22.0 Å². The van der Waals surface area contributed by atoms with Crippen molar-refractivity contribution in [1.29, 1.82) is 0 Å². The van der Waals surface area contributed by atoms with Crippen LogP contribution >= 0.6 is 0 Å². The Morgan fingerprint density at radius 1 is 1.32 bits per heavy atom. The molecule has 3 aliphatic rings. The van der Waals surface area contributed by atoms with E-state index >= 15 is 0 Å². The predicted octanol–water partition coefficient (Wildman–Crippen LogP) is 3.08. The molecule has 3 saturated carbocycles. The monoisotopic (exact) mass is 455 g/mol. The van der Waals surface area contributed by atoms with Gasteiger partial charge in [0.1, 0.15) is 11.7 Å². The van der Waals surface area contributed by atoms with E-state index < -0.39 is 33.5 Å². The first-order valence-electron chi connectivity index (χ1n) is 10.5. The quantitative estimate of drug-likeness (QED) is 0.647. The molecule has 1 heterocycles. The van der Waals surface area contributed by atoms with Crippen LogP contribution in [-0.2, 0) is 15.8 Å². The number of halogens is 2. The summed E-state index contributed by atoms with van der Waals surface area (Å²) in [6.45, 7) is 2.88. The van der Waals surface area contributed by atoms with Crippen molar-refractivity contribution in [3.8, 4) is 5.88 Å². The molecule has 0 aliphatic heterocycles. The number of hydrogen-bond donors (Lipinski definition) is 1. The third-order valence-electron chi connectivity index (χ3n) is 6.46. The van der Waals surface area contributed by atoms with Gasteiger partial charge in [-0.3, -0.25) is 4.79 Å². The first-order valence-corrected chi connectivity index (χ1v) is 12.5. The van der Waals surface area contributed by atoms with Crippen LogP contribution in [0.15, 0.2) is 17.7 Å². The van der Waals surface area contributed by atoms with E-state index in [0.717, 1.165) is 43.5 Å². The first-order chi connectivity index (χ1) is 14.4. The summed E-state index contributed by atoms with van der Waals surface area (Å²) in [5.74, 6) is -2.75. The zero-order chi connectivity index (χ0) is 22.6. The van der Waals surface area contributed by atoms with E-state index in [4.69, 9.17) is 4.74 Å². The second-order valence-corrected chi connectivity index (χ2v) is 11.1. The van der Waals surface area contributed by atoms with Gasteiger partial charge in [0.25, 0.3) is 5.91 Å². The number of amides is 1. The van der Waals surface area contributed by atoms with Crippen molar-refractivity contribution in [2.24, 2.45) is 23.7 Å². The largest absolute Gasteiger partial charge is 0.474 e. The molecular weight excluding hydrogens is 428 g/mol. The van der Waals surface area contributed by atoms with Gasteiger partial charge in [0, 0.05) is 24.8 Å². The third kappa shape index (κ3) is 5.22. The molecule has 1 aromatic heterocycles. The fourth-order valence-corrected chi connectivity index (χ4v) is 4.89. The summed E-state index contributed by atoms with van der Waals surface area (Å²) in [6, 6.07) is -0.484. The van der Waals surface area contributed by atoms with Crippen LogP contribution in [0, 0.1) is 23.7 Å². The van der Waals surface area contributed by atoms with Gasteiger partial charge in [-0.2, -0.15) is 13.8 Å². The fraction of sp³-hybridized carbons (Fsp3) is 0.667. The maximum Gasteiger partial charge on any atom is 0.303 e. The Bertz CT molecular complexity index is 992. The number of carbonyl (C=O) groups is 1. The van der Waals surface area contributed by atoms with Gasteiger partial charge in [0.2, 0.25) is 11.7 Å². The number of hydrogen-bond acceptors (Lipinski definition) is 6. The highest BCUT2D eigenvalue weighted by molar-refractivity contribution is 7.93. The van der Waals surface area contributed by atoms with Gasteiger partial charge in [-0.1, -0.05) is 13.0 Å². The van der Waals surface area contributed by atoms with E-state index in [1.54, 1.807) is 0 Å². The Morgan fingerprint density at radius 3 is 2.52 bits per heavy atom. The average Bonchev–Trinajstić information content (AvgIpc) is 3.55. The zero-order valence-corrected chi connectivity index (χ0v) is 18.5. The molecule has 170 valence electrons. The minimum absolute atomic E-state index is 0.0278. The summed E-state index contributed by atoms with van der Waals surface area (Å²) in [5.41, 5.74) is -0.0278. The van der Waals surface area contributed by atoms with Crippen LogP contribution in [0.1, 0.15) is 55.7 Å². The number of nitrogens with one attached hydrogen (secondary N) is 1. The van der Waals surface area contributed by atoms with Crippen LogP contribution in [0.4, 0.5) is 8.78 Å². The molecule has 3 fully saturated rings. The minimum Gasteiger partial charge on any atom is -0.474 e. The number of fused-ring (bicyclic) bond motifs is 1. The Hall–Kier alpha value is -2.10. The predicted molar refractivity (Wildman–Crippen MR) is 109 cm³/mol. The van der Waals surface area contributed by atoms with Crippen molar-refractivity contribution >= 4 is 15.7 Å². The number of ether oxygens (including phenoxy) is 1. The number of sulfone groups is 1. The van der Waals surface area contributed by atoms with Crippen molar-refractivity contribution in [1.82, 2.24) is 15.3 Å². The van der Waals surface area contributed by atoms with Crippen molar-refractivity contribution in [3.05, 3.63) is 29.1 Å². The van der Waals surface area contributed by atoms with E-state index in [0.29, 0.717) is 24.7 Å². The summed E-state index contributed by atoms with van der Waals surface area (Å²) in [4.78, 5) is 20.5. The molecule has 0 bridgehead atoms.